The van der Waals surface area contributed by atoms with E-state index in [0.29, 0.717) is 5.82 Å². The monoisotopic (exact) mass is 227 g/mol. The maximum absolute atomic E-state index is 13.1. The van der Waals surface area contributed by atoms with Gasteiger partial charge in [-0.1, -0.05) is 12.1 Å². The Kier molecular flexibility index (Phi) is 2.14. The van der Waals surface area contributed by atoms with Gasteiger partial charge in [-0.2, -0.15) is 4.39 Å². The van der Waals surface area contributed by atoms with Crippen LogP contribution >= 0.6 is 0 Å². The second-order valence-corrected chi connectivity index (χ2v) is 3.92. The first-order valence-electron chi connectivity index (χ1n) is 5.31. The van der Waals surface area contributed by atoms with E-state index in [2.05, 4.69) is 15.0 Å². The van der Waals surface area contributed by atoms with Gasteiger partial charge >= 0.3 is 0 Å². The molecule has 0 bridgehead atoms. The lowest BCUT2D eigenvalue weighted by molar-refractivity contribution is 0.583. The van der Waals surface area contributed by atoms with Gasteiger partial charge in [0.1, 0.15) is 5.82 Å². The predicted octanol–water partition coefficient (Wildman–Crippen LogP) is 3.07. The molecule has 0 spiro atoms. The summed E-state index contributed by atoms with van der Waals surface area (Å²) in [5, 5.41) is 0. The van der Waals surface area contributed by atoms with Gasteiger partial charge in [0.2, 0.25) is 5.95 Å². The number of aromatic nitrogens is 3. The Hall–Kier alpha value is -2.23. The summed E-state index contributed by atoms with van der Waals surface area (Å²) in [5.41, 5.74) is 3.46. The number of nitrogens with zero attached hydrogens (tertiary/aromatic N) is 2. The van der Waals surface area contributed by atoms with E-state index in [1.807, 2.05) is 31.2 Å². The first kappa shape index (κ1) is 9.96. The zero-order chi connectivity index (χ0) is 11.8. The van der Waals surface area contributed by atoms with E-state index in [-0.39, 0.29) is 0 Å². The van der Waals surface area contributed by atoms with Gasteiger partial charge in [-0.25, -0.2) is 9.97 Å². The summed E-state index contributed by atoms with van der Waals surface area (Å²) in [5.74, 6) is 0.177. The van der Waals surface area contributed by atoms with Crippen LogP contribution in [-0.2, 0) is 0 Å². The highest BCUT2D eigenvalue weighted by molar-refractivity contribution is 5.79. The number of pyridine rings is 1. The lowest BCUT2D eigenvalue weighted by Crippen LogP contribution is -1.90. The molecule has 1 aromatic carbocycles. The third kappa shape index (κ3) is 1.67. The second-order valence-electron chi connectivity index (χ2n) is 3.92. The van der Waals surface area contributed by atoms with Gasteiger partial charge < -0.3 is 4.98 Å². The van der Waals surface area contributed by atoms with Crippen molar-refractivity contribution in [2.24, 2.45) is 0 Å². The van der Waals surface area contributed by atoms with E-state index in [1.165, 1.54) is 12.3 Å². The molecule has 17 heavy (non-hydrogen) atoms. The fourth-order valence-electron chi connectivity index (χ4n) is 1.83. The van der Waals surface area contributed by atoms with Crippen LogP contribution in [0.15, 0.2) is 36.5 Å². The standard InChI is InChI=1S/C13H10FN3/c1-8-7-15-12(14)6-9(8)13-16-10-4-2-3-5-11(10)17-13/h2-7H,1H3,(H,16,17). The fourth-order valence-corrected chi connectivity index (χ4v) is 1.83. The van der Waals surface area contributed by atoms with Crippen molar-refractivity contribution in [2.45, 2.75) is 6.92 Å². The highest BCUT2D eigenvalue weighted by atomic mass is 19.1. The summed E-state index contributed by atoms with van der Waals surface area (Å²) in [4.78, 5) is 11.2. The number of rotatable bonds is 1. The zero-order valence-corrected chi connectivity index (χ0v) is 9.24. The van der Waals surface area contributed by atoms with Crippen LogP contribution in [-0.4, -0.2) is 15.0 Å². The quantitative estimate of drug-likeness (QED) is 0.649. The molecule has 2 heterocycles. The summed E-state index contributed by atoms with van der Waals surface area (Å²) < 4.78 is 13.1. The van der Waals surface area contributed by atoms with Crippen molar-refractivity contribution < 1.29 is 4.39 Å². The van der Waals surface area contributed by atoms with Crippen LogP contribution < -0.4 is 0 Å². The summed E-state index contributed by atoms with van der Waals surface area (Å²) in [6, 6.07) is 9.12. The molecule has 0 saturated heterocycles. The van der Waals surface area contributed by atoms with Crippen LogP contribution in [0.3, 0.4) is 0 Å². The minimum absolute atomic E-state index is 0.494. The number of para-hydroxylation sites is 2. The normalized spacial score (nSPS) is 10.9. The Bertz CT molecular complexity index is 655. The molecule has 3 aromatic rings. The van der Waals surface area contributed by atoms with Crippen molar-refractivity contribution in [1.29, 1.82) is 0 Å². The molecule has 0 aliphatic carbocycles. The summed E-state index contributed by atoms with van der Waals surface area (Å²) in [6.45, 7) is 1.88. The molecule has 0 aliphatic rings. The summed E-state index contributed by atoms with van der Waals surface area (Å²) in [6.07, 6.45) is 1.51. The number of imidazole rings is 1. The third-order valence-corrected chi connectivity index (χ3v) is 2.71. The number of nitrogens with one attached hydrogen (secondary N) is 1. The van der Waals surface area contributed by atoms with Crippen LogP contribution in [0.1, 0.15) is 5.56 Å². The lowest BCUT2D eigenvalue weighted by Gasteiger charge is -2.00. The van der Waals surface area contributed by atoms with Gasteiger partial charge in [0.15, 0.2) is 0 Å². The van der Waals surface area contributed by atoms with Crippen LogP contribution in [0.25, 0.3) is 22.4 Å². The largest absolute Gasteiger partial charge is 0.338 e. The van der Waals surface area contributed by atoms with E-state index >= 15 is 0 Å². The van der Waals surface area contributed by atoms with Gasteiger partial charge in [0.25, 0.3) is 0 Å². The van der Waals surface area contributed by atoms with Gasteiger partial charge in [-0.15, -0.1) is 0 Å². The molecule has 4 heteroatoms. The van der Waals surface area contributed by atoms with Gasteiger partial charge in [-0.05, 0) is 24.6 Å². The molecule has 0 aliphatic heterocycles. The number of hydrogen-bond acceptors (Lipinski definition) is 2. The molecule has 0 fully saturated rings. The molecule has 0 atom stereocenters. The number of aromatic amines is 1. The molecule has 1 N–H and O–H groups in total. The molecule has 0 radical (unpaired) electrons. The van der Waals surface area contributed by atoms with Crippen molar-refractivity contribution in [3.05, 3.63) is 48.0 Å². The predicted molar refractivity (Wildman–Crippen MR) is 64.0 cm³/mol. The topological polar surface area (TPSA) is 41.6 Å². The number of fused-ring (bicyclic) bond motifs is 1. The number of H-pyrrole nitrogens is 1. The Morgan fingerprint density at radius 3 is 2.88 bits per heavy atom. The molecular weight excluding hydrogens is 217 g/mol. The fraction of sp³-hybridized carbons (Fsp3) is 0.0769. The van der Waals surface area contributed by atoms with Crippen LogP contribution in [0.2, 0.25) is 0 Å². The number of aryl methyl sites for hydroxylation is 1. The minimum Gasteiger partial charge on any atom is -0.338 e. The van der Waals surface area contributed by atoms with E-state index in [0.717, 1.165) is 22.2 Å². The third-order valence-electron chi connectivity index (χ3n) is 2.71. The first-order chi connectivity index (χ1) is 8.24. The Balaban J connectivity index is 2.23. The Labute approximate surface area is 97.3 Å². The highest BCUT2D eigenvalue weighted by Gasteiger charge is 2.09. The highest BCUT2D eigenvalue weighted by Crippen LogP contribution is 2.23. The smallest absolute Gasteiger partial charge is 0.213 e. The average Bonchev–Trinajstić information content (AvgIpc) is 2.75. The van der Waals surface area contributed by atoms with Crippen molar-refractivity contribution in [1.82, 2.24) is 15.0 Å². The molecule has 0 unspecified atom stereocenters. The van der Waals surface area contributed by atoms with E-state index in [1.54, 1.807) is 0 Å². The maximum Gasteiger partial charge on any atom is 0.213 e. The van der Waals surface area contributed by atoms with E-state index < -0.39 is 5.95 Å². The van der Waals surface area contributed by atoms with Gasteiger partial charge in [-0.3, -0.25) is 0 Å². The maximum atomic E-state index is 13.1. The number of benzene rings is 1. The molecule has 3 rings (SSSR count). The second kappa shape index (κ2) is 3.66. The van der Waals surface area contributed by atoms with Crippen molar-refractivity contribution in [2.75, 3.05) is 0 Å². The molecule has 2 aromatic heterocycles. The Morgan fingerprint density at radius 2 is 2.06 bits per heavy atom. The van der Waals surface area contributed by atoms with Gasteiger partial charge in [0.05, 0.1) is 11.0 Å². The number of halogens is 1. The number of hydrogen-bond donors (Lipinski definition) is 1. The van der Waals surface area contributed by atoms with Gasteiger partial charge in [0, 0.05) is 17.8 Å². The molecular formula is C13H10FN3. The van der Waals surface area contributed by atoms with Crippen LogP contribution in [0.5, 0.6) is 0 Å². The van der Waals surface area contributed by atoms with Crippen LogP contribution in [0, 0.1) is 12.9 Å². The zero-order valence-electron chi connectivity index (χ0n) is 9.24. The van der Waals surface area contributed by atoms with E-state index in [9.17, 15) is 4.39 Å². The summed E-state index contributed by atoms with van der Waals surface area (Å²) in [7, 11) is 0. The van der Waals surface area contributed by atoms with Crippen LogP contribution in [0.4, 0.5) is 4.39 Å². The molecule has 84 valence electrons. The molecule has 0 amide bonds. The van der Waals surface area contributed by atoms with Crippen molar-refractivity contribution in [3.63, 3.8) is 0 Å². The van der Waals surface area contributed by atoms with Crippen molar-refractivity contribution in [3.8, 4) is 11.4 Å². The Morgan fingerprint density at radius 1 is 1.24 bits per heavy atom. The average molecular weight is 227 g/mol. The molecule has 3 nitrogen and oxygen atoms in total. The SMILES string of the molecule is Cc1cnc(F)cc1-c1nc2ccccc2[nH]1. The first-order valence-corrected chi connectivity index (χ1v) is 5.31. The lowest BCUT2D eigenvalue weighted by atomic mass is 10.1. The summed E-state index contributed by atoms with van der Waals surface area (Å²) >= 11 is 0. The minimum atomic E-state index is -0.494. The van der Waals surface area contributed by atoms with E-state index in [4.69, 9.17) is 0 Å². The van der Waals surface area contributed by atoms with Crippen molar-refractivity contribution >= 4 is 11.0 Å². The molecule has 0 saturated carbocycles.